The van der Waals surface area contributed by atoms with Gasteiger partial charge >= 0.3 is 17.9 Å². The van der Waals surface area contributed by atoms with E-state index in [1.165, 1.54) is 0 Å². The van der Waals surface area contributed by atoms with Crippen LogP contribution >= 0.6 is 0 Å². The number of halogens is 2. The molecule has 0 fully saturated rings. The number of benzene rings is 2. The van der Waals surface area contributed by atoms with Crippen LogP contribution in [0, 0.1) is 23.0 Å². The van der Waals surface area contributed by atoms with Crippen LogP contribution in [0.5, 0.6) is 0 Å². The Morgan fingerprint density at radius 2 is 1.54 bits per heavy atom. The van der Waals surface area contributed by atoms with E-state index in [-0.39, 0.29) is 11.1 Å². The third-order valence-electron chi connectivity index (χ3n) is 5.29. The van der Waals surface area contributed by atoms with Gasteiger partial charge in [0.2, 0.25) is 0 Å². The van der Waals surface area contributed by atoms with E-state index in [0.717, 1.165) is 32.3 Å². The fourth-order valence-corrected chi connectivity index (χ4v) is 3.74. The molecule has 0 amide bonds. The summed E-state index contributed by atoms with van der Waals surface area (Å²) in [7, 11) is 3.06. The monoisotopic (exact) mass is 483 g/mol. The van der Waals surface area contributed by atoms with Gasteiger partial charge < -0.3 is 19.9 Å². The highest BCUT2D eigenvalue weighted by atomic mass is 19.1. The maximum absolute atomic E-state index is 15.1. The highest BCUT2D eigenvalue weighted by molar-refractivity contribution is 6.06. The fourth-order valence-electron chi connectivity index (χ4n) is 3.74. The molecule has 1 atom stereocenters. The van der Waals surface area contributed by atoms with Crippen molar-refractivity contribution in [1.82, 2.24) is 0 Å². The summed E-state index contributed by atoms with van der Waals surface area (Å²) in [6, 6.07) is 11.2. The molecule has 9 nitrogen and oxygen atoms in total. The number of anilines is 1. The molecule has 0 aliphatic carbocycles. The van der Waals surface area contributed by atoms with Gasteiger partial charge in [-0.3, -0.25) is 4.90 Å². The van der Waals surface area contributed by atoms with Gasteiger partial charge in [-0.05, 0) is 11.6 Å². The van der Waals surface area contributed by atoms with Crippen LogP contribution in [0.4, 0.5) is 14.5 Å². The van der Waals surface area contributed by atoms with Gasteiger partial charge in [-0.2, -0.15) is 5.26 Å². The minimum Gasteiger partial charge on any atom is -0.466 e. The lowest BCUT2D eigenvalue weighted by molar-refractivity contribution is -0.139. The smallest absolute Gasteiger partial charge is 0.355 e. The van der Waals surface area contributed by atoms with Gasteiger partial charge in [0.15, 0.2) is 0 Å². The summed E-state index contributed by atoms with van der Waals surface area (Å²) < 4.78 is 43.6. The van der Waals surface area contributed by atoms with Crippen molar-refractivity contribution in [3.63, 3.8) is 0 Å². The lowest BCUT2D eigenvalue weighted by Gasteiger charge is -2.36. The number of ether oxygens (including phenoxy) is 3. The van der Waals surface area contributed by atoms with Crippen LogP contribution in [0.25, 0.3) is 0 Å². The van der Waals surface area contributed by atoms with E-state index in [9.17, 15) is 24.0 Å². The minimum atomic E-state index is -1.25. The molecule has 0 aromatic heterocycles. The molecule has 0 saturated heterocycles. The maximum Gasteiger partial charge on any atom is 0.355 e. The van der Waals surface area contributed by atoms with E-state index in [2.05, 4.69) is 4.74 Å². The normalized spacial score (nSPS) is 15.4. The highest BCUT2D eigenvalue weighted by Crippen LogP contribution is 2.44. The lowest BCUT2D eigenvalue weighted by Crippen LogP contribution is -2.41. The standard InChI is InChI=1S/C24H19F2N3O6/c1-33-22(30)13-9-17(16(26)10-15(13)25)29-20(24(32)35-3)19(23(31)34-2)18(14(11-27)21(29)28)12-7-5-4-6-8-12/h4-10,18H,28H2,1-3H3. The second-order valence-corrected chi connectivity index (χ2v) is 7.11. The number of esters is 3. The van der Waals surface area contributed by atoms with Crippen molar-refractivity contribution >= 4 is 23.6 Å². The number of rotatable bonds is 5. The Morgan fingerprint density at radius 1 is 0.943 bits per heavy atom. The first-order valence-corrected chi connectivity index (χ1v) is 9.94. The number of methoxy groups -OCH3 is 3. The molecular weight excluding hydrogens is 464 g/mol. The summed E-state index contributed by atoms with van der Waals surface area (Å²) in [4.78, 5) is 38.7. The van der Waals surface area contributed by atoms with Gasteiger partial charge in [0.1, 0.15) is 23.2 Å². The quantitative estimate of drug-likeness (QED) is 0.503. The minimum absolute atomic E-state index is 0.229. The van der Waals surface area contributed by atoms with E-state index in [0.29, 0.717) is 11.6 Å². The summed E-state index contributed by atoms with van der Waals surface area (Å²) in [6.45, 7) is 0. The zero-order valence-electron chi connectivity index (χ0n) is 18.8. The summed E-state index contributed by atoms with van der Waals surface area (Å²) in [6.07, 6.45) is 0. The maximum atomic E-state index is 15.1. The Hall–Kier alpha value is -4.72. The molecule has 2 aromatic rings. The lowest BCUT2D eigenvalue weighted by atomic mass is 9.81. The number of carbonyl (C=O) groups excluding carboxylic acids is 3. The van der Waals surface area contributed by atoms with Crippen LogP contribution in [-0.4, -0.2) is 39.2 Å². The number of carbonyl (C=O) groups is 3. The Labute approximate surface area is 198 Å². The first-order valence-electron chi connectivity index (χ1n) is 9.94. The van der Waals surface area contributed by atoms with Gasteiger partial charge in [-0.1, -0.05) is 30.3 Å². The van der Waals surface area contributed by atoms with Crippen molar-refractivity contribution in [2.75, 3.05) is 26.2 Å². The van der Waals surface area contributed by atoms with Crippen molar-refractivity contribution in [2.24, 2.45) is 5.73 Å². The SMILES string of the molecule is COC(=O)C1=C(C(=O)OC)N(c2cc(C(=O)OC)c(F)cc2F)C(N)=C(C#N)C1c1ccccc1. The van der Waals surface area contributed by atoms with E-state index in [4.69, 9.17) is 15.2 Å². The Morgan fingerprint density at radius 3 is 2.09 bits per heavy atom. The molecule has 0 radical (unpaired) electrons. The van der Waals surface area contributed by atoms with Gasteiger partial charge in [-0.15, -0.1) is 0 Å². The van der Waals surface area contributed by atoms with Gasteiger partial charge in [0.05, 0.1) is 55.7 Å². The Kier molecular flexibility index (Phi) is 7.15. The van der Waals surface area contributed by atoms with Crippen molar-refractivity contribution < 1.29 is 37.4 Å². The van der Waals surface area contributed by atoms with Crippen LogP contribution < -0.4 is 10.6 Å². The van der Waals surface area contributed by atoms with E-state index >= 15 is 4.39 Å². The number of allylic oxidation sites excluding steroid dienone is 1. The summed E-state index contributed by atoms with van der Waals surface area (Å²) >= 11 is 0. The van der Waals surface area contributed by atoms with Crippen LogP contribution in [0.2, 0.25) is 0 Å². The largest absolute Gasteiger partial charge is 0.466 e. The molecular formula is C24H19F2N3O6. The van der Waals surface area contributed by atoms with Crippen LogP contribution in [0.15, 0.2) is 65.1 Å². The molecule has 180 valence electrons. The number of nitrogens with two attached hydrogens (primary N) is 1. The average molecular weight is 483 g/mol. The zero-order chi connectivity index (χ0) is 25.9. The molecule has 0 bridgehead atoms. The topological polar surface area (TPSA) is 132 Å². The fraction of sp³-hybridized carbons (Fsp3) is 0.167. The predicted octanol–water partition coefficient (Wildman–Crippen LogP) is 2.65. The molecule has 1 unspecified atom stereocenters. The average Bonchev–Trinajstić information content (AvgIpc) is 2.87. The van der Waals surface area contributed by atoms with Gasteiger partial charge in [-0.25, -0.2) is 23.2 Å². The van der Waals surface area contributed by atoms with Gasteiger partial charge in [0.25, 0.3) is 0 Å². The highest BCUT2D eigenvalue weighted by Gasteiger charge is 2.43. The molecule has 2 aromatic carbocycles. The number of nitrogens with zero attached hydrogens (tertiary/aromatic N) is 2. The first kappa shape index (κ1) is 24.9. The molecule has 0 spiro atoms. The number of nitriles is 1. The van der Waals surface area contributed by atoms with E-state index < -0.39 is 58.2 Å². The second-order valence-electron chi connectivity index (χ2n) is 7.11. The van der Waals surface area contributed by atoms with Crippen LogP contribution in [0.1, 0.15) is 21.8 Å². The van der Waals surface area contributed by atoms with Crippen molar-refractivity contribution in [2.45, 2.75) is 5.92 Å². The summed E-state index contributed by atoms with van der Waals surface area (Å²) in [5, 5.41) is 9.97. The van der Waals surface area contributed by atoms with Crippen molar-refractivity contribution in [3.8, 4) is 6.07 Å². The third kappa shape index (κ3) is 4.29. The van der Waals surface area contributed by atoms with Crippen molar-refractivity contribution in [3.05, 3.63) is 87.9 Å². The number of hydrogen-bond acceptors (Lipinski definition) is 9. The Balaban J connectivity index is 2.47. The van der Waals surface area contributed by atoms with E-state index in [1.807, 2.05) is 6.07 Å². The second kappa shape index (κ2) is 10.0. The van der Waals surface area contributed by atoms with Crippen molar-refractivity contribution in [1.29, 1.82) is 5.26 Å². The van der Waals surface area contributed by atoms with Gasteiger partial charge in [0, 0.05) is 6.07 Å². The molecule has 11 heteroatoms. The molecule has 35 heavy (non-hydrogen) atoms. The molecule has 1 aliphatic rings. The summed E-state index contributed by atoms with van der Waals surface area (Å²) in [5.41, 5.74) is 4.20. The third-order valence-corrected chi connectivity index (χ3v) is 5.29. The first-order chi connectivity index (χ1) is 16.7. The molecule has 1 aliphatic heterocycles. The predicted molar refractivity (Wildman–Crippen MR) is 117 cm³/mol. The molecule has 2 N–H and O–H groups in total. The molecule has 0 saturated carbocycles. The summed E-state index contributed by atoms with van der Waals surface area (Å²) in [5.74, 6) is -7.41. The Bertz CT molecular complexity index is 1310. The van der Waals surface area contributed by atoms with E-state index in [1.54, 1.807) is 30.3 Å². The molecule has 1 heterocycles. The van der Waals surface area contributed by atoms with Crippen LogP contribution in [0.3, 0.4) is 0 Å². The number of hydrogen-bond donors (Lipinski definition) is 1. The zero-order valence-corrected chi connectivity index (χ0v) is 18.8. The van der Waals surface area contributed by atoms with Crippen LogP contribution in [-0.2, 0) is 23.8 Å². The molecule has 3 rings (SSSR count).